The highest BCUT2D eigenvalue weighted by atomic mass is 79.9. The van der Waals surface area contributed by atoms with Crippen molar-refractivity contribution in [2.24, 2.45) is 0 Å². The number of fused-ring (bicyclic) bond motifs is 1. The molecule has 2 aliphatic rings. The highest BCUT2D eigenvalue weighted by Gasteiger charge is 2.39. The van der Waals surface area contributed by atoms with Crippen molar-refractivity contribution >= 4 is 5.57 Å². The minimum atomic E-state index is 0. The molecule has 2 aliphatic heterocycles. The molecule has 2 saturated heterocycles. The van der Waals surface area contributed by atoms with Crippen LogP contribution in [0.15, 0.2) is 66.2 Å². The molecular formula is C23H28BrN. The van der Waals surface area contributed by atoms with Crippen LogP contribution >= 0.6 is 0 Å². The van der Waals surface area contributed by atoms with E-state index in [1.807, 2.05) is 0 Å². The summed E-state index contributed by atoms with van der Waals surface area (Å²) < 4.78 is 1.31. The van der Waals surface area contributed by atoms with Crippen LogP contribution in [0, 0.1) is 0 Å². The van der Waals surface area contributed by atoms with E-state index in [1.165, 1.54) is 66.4 Å². The number of piperidine rings is 2. The lowest BCUT2D eigenvalue weighted by molar-refractivity contribution is -0.941. The van der Waals surface area contributed by atoms with Crippen molar-refractivity contribution in [3.63, 3.8) is 0 Å². The van der Waals surface area contributed by atoms with Crippen molar-refractivity contribution in [3.8, 4) is 0 Å². The molecule has 0 bridgehead atoms. The predicted molar refractivity (Wildman–Crippen MR) is 102 cm³/mol. The van der Waals surface area contributed by atoms with E-state index in [1.54, 1.807) is 5.57 Å². The molecule has 0 spiro atoms. The van der Waals surface area contributed by atoms with Gasteiger partial charge in [-0.05, 0) is 36.0 Å². The van der Waals surface area contributed by atoms with E-state index in [-0.39, 0.29) is 17.0 Å². The van der Waals surface area contributed by atoms with Gasteiger partial charge in [-0.2, -0.15) is 0 Å². The minimum absolute atomic E-state index is 0. The first-order valence-corrected chi connectivity index (χ1v) is 9.43. The third-order valence-electron chi connectivity index (χ3n) is 6.22. The third kappa shape index (κ3) is 3.75. The molecule has 1 nitrogen and oxygen atoms in total. The highest BCUT2D eigenvalue weighted by molar-refractivity contribution is 5.82. The van der Waals surface area contributed by atoms with Gasteiger partial charge in [-0.3, -0.25) is 0 Å². The summed E-state index contributed by atoms with van der Waals surface area (Å²) in [5.41, 5.74) is 5.93. The Bertz CT molecular complexity index is 681. The second-order valence-corrected chi connectivity index (χ2v) is 7.74. The smallest absolute Gasteiger partial charge is 0.0926 e. The van der Waals surface area contributed by atoms with E-state index < -0.39 is 0 Å². The summed E-state index contributed by atoms with van der Waals surface area (Å²) >= 11 is 0. The molecule has 2 aromatic rings. The molecule has 0 unspecified atom stereocenters. The summed E-state index contributed by atoms with van der Waals surface area (Å²) in [6, 6.07) is 22.8. The Hall–Kier alpha value is -1.38. The maximum absolute atomic E-state index is 2.49. The van der Waals surface area contributed by atoms with Crippen molar-refractivity contribution < 1.29 is 21.5 Å². The Morgan fingerprint density at radius 3 is 2.04 bits per heavy atom. The van der Waals surface area contributed by atoms with Crippen molar-refractivity contribution in [1.29, 1.82) is 0 Å². The van der Waals surface area contributed by atoms with Gasteiger partial charge in [-0.1, -0.05) is 66.2 Å². The molecule has 2 aromatic carbocycles. The molecule has 0 aromatic heterocycles. The van der Waals surface area contributed by atoms with Gasteiger partial charge in [0.1, 0.15) is 0 Å². The van der Waals surface area contributed by atoms with Crippen LogP contribution in [0.2, 0.25) is 0 Å². The van der Waals surface area contributed by atoms with Gasteiger partial charge in [0.25, 0.3) is 0 Å². The van der Waals surface area contributed by atoms with E-state index in [4.69, 9.17) is 0 Å². The first-order valence-electron chi connectivity index (χ1n) is 9.43. The molecule has 2 heterocycles. The lowest BCUT2D eigenvalue weighted by Gasteiger charge is -2.48. The minimum Gasteiger partial charge on any atom is -1.00 e. The number of hydrogen-bond acceptors (Lipinski definition) is 0. The maximum atomic E-state index is 2.49. The van der Waals surface area contributed by atoms with Crippen molar-refractivity contribution in [2.75, 3.05) is 20.1 Å². The maximum Gasteiger partial charge on any atom is 0.0926 e. The number of halogens is 1. The number of benzene rings is 2. The van der Waals surface area contributed by atoms with Crippen LogP contribution in [0.25, 0.3) is 5.57 Å². The monoisotopic (exact) mass is 397 g/mol. The van der Waals surface area contributed by atoms with Gasteiger partial charge in [-0.25, -0.2) is 0 Å². The molecule has 0 amide bonds. The fourth-order valence-electron chi connectivity index (χ4n) is 4.75. The largest absolute Gasteiger partial charge is 1.00 e. The molecule has 0 N–H and O–H groups in total. The van der Waals surface area contributed by atoms with E-state index in [0.29, 0.717) is 0 Å². The Morgan fingerprint density at radius 1 is 0.840 bits per heavy atom. The van der Waals surface area contributed by atoms with Gasteiger partial charge in [0.05, 0.1) is 26.2 Å². The molecule has 25 heavy (non-hydrogen) atoms. The lowest BCUT2D eigenvalue weighted by atomic mass is 9.82. The van der Waals surface area contributed by atoms with Gasteiger partial charge >= 0.3 is 0 Å². The summed E-state index contributed by atoms with van der Waals surface area (Å²) in [6.45, 7) is 2.69. The molecule has 2 atom stereocenters. The van der Waals surface area contributed by atoms with Crippen LogP contribution in [0.3, 0.4) is 0 Å². The molecule has 2 fully saturated rings. The van der Waals surface area contributed by atoms with Crippen LogP contribution in [0.5, 0.6) is 0 Å². The fourth-order valence-corrected chi connectivity index (χ4v) is 4.75. The van der Waals surface area contributed by atoms with Crippen molar-refractivity contribution in [3.05, 3.63) is 77.4 Å². The first kappa shape index (κ1) is 18.4. The summed E-state index contributed by atoms with van der Waals surface area (Å²) in [5.74, 6) is 0. The van der Waals surface area contributed by atoms with Gasteiger partial charge in [0, 0.05) is 12.8 Å². The first-order chi connectivity index (χ1) is 11.8. The zero-order valence-corrected chi connectivity index (χ0v) is 16.7. The Labute approximate surface area is 162 Å². The zero-order valence-electron chi connectivity index (χ0n) is 15.1. The number of nitrogens with zero attached hydrogens (tertiary/aromatic N) is 1. The van der Waals surface area contributed by atoms with E-state index in [0.717, 1.165) is 6.04 Å². The van der Waals surface area contributed by atoms with Crippen LogP contribution in [-0.2, 0) is 0 Å². The number of quaternary nitrogens is 1. The third-order valence-corrected chi connectivity index (χ3v) is 6.22. The summed E-state index contributed by atoms with van der Waals surface area (Å²) in [4.78, 5) is 0. The second-order valence-electron chi connectivity index (χ2n) is 7.74. The number of rotatable bonds is 2. The molecule has 132 valence electrons. The van der Waals surface area contributed by atoms with E-state index in [9.17, 15) is 0 Å². The van der Waals surface area contributed by atoms with Gasteiger partial charge in [0.15, 0.2) is 0 Å². The van der Waals surface area contributed by atoms with Crippen molar-refractivity contribution in [2.45, 2.75) is 38.1 Å². The Balaban J connectivity index is 0.00000182. The lowest BCUT2D eigenvalue weighted by Crippen LogP contribution is -3.00. The topological polar surface area (TPSA) is 0 Å². The molecule has 0 radical (unpaired) electrons. The predicted octanol–water partition coefficient (Wildman–Crippen LogP) is 2.29. The van der Waals surface area contributed by atoms with E-state index >= 15 is 0 Å². The molecule has 0 aliphatic carbocycles. The highest BCUT2D eigenvalue weighted by Crippen LogP contribution is 2.39. The quantitative estimate of drug-likeness (QED) is 0.681. The SMILES string of the molecule is C[N@+]12CCCC[C@@H]1CC(=C(c1ccccc1)c1ccccc1)CC2.[Br-]. The standard InChI is InChI=1S/C23H28N.BrH/c1-24-16-9-8-14-22(24)18-21(15-17-24)23(19-10-4-2-5-11-19)20-12-6-3-7-13-20;/h2-7,10-13,22H,8-9,14-18H2,1H3;1H/q+1;/p-1/t22-,24-;/m1./s1. The summed E-state index contributed by atoms with van der Waals surface area (Å²) in [7, 11) is 2.49. The summed E-state index contributed by atoms with van der Waals surface area (Å²) in [5, 5.41) is 0. The van der Waals surface area contributed by atoms with Crippen LogP contribution < -0.4 is 17.0 Å². The average Bonchev–Trinajstić information content (AvgIpc) is 2.64. The van der Waals surface area contributed by atoms with Crippen LogP contribution in [0.1, 0.15) is 43.2 Å². The van der Waals surface area contributed by atoms with Crippen LogP contribution in [0.4, 0.5) is 0 Å². The summed E-state index contributed by atoms with van der Waals surface area (Å²) in [6.07, 6.45) is 6.74. The second kappa shape index (κ2) is 7.88. The van der Waals surface area contributed by atoms with Crippen molar-refractivity contribution in [1.82, 2.24) is 0 Å². The molecular weight excluding hydrogens is 370 g/mol. The van der Waals surface area contributed by atoms with E-state index in [2.05, 4.69) is 67.7 Å². The Kier molecular flexibility index (Phi) is 5.81. The van der Waals surface area contributed by atoms with Gasteiger partial charge in [0.2, 0.25) is 0 Å². The van der Waals surface area contributed by atoms with Gasteiger partial charge in [-0.15, -0.1) is 0 Å². The van der Waals surface area contributed by atoms with Crippen LogP contribution in [-0.4, -0.2) is 30.7 Å². The fraction of sp³-hybridized carbons (Fsp3) is 0.391. The zero-order chi connectivity index (χ0) is 16.4. The normalized spacial score (nSPS) is 25.6. The molecule has 2 heteroatoms. The Morgan fingerprint density at radius 2 is 1.44 bits per heavy atom. The average molecular weight is 398 g/mol. The number of hydrogen-bond donors (Lipinski definition) is 0. The molecule has 4 rings (SSSR count). The molecule has 0 saturated carbocycles. The van der Waals surface area contributed by atoms with Gasteiger partial charge < -0.3 is 21.5 Å².